The van der Waals surface area contributed by atoms with E-state index in [1.165, 1.54) is 23.5 Å². The SMILES string of the molecule is CN(Cc1ccccc1)S(=O)(=O)c1ccc(NC(=S)NC(=O)COc2ccccc2Cl)cc1. The fourth-order valence-corrected chi connectivity index (χ4v) is 4.43. The highest BCUT2D eigenvalue weighted by Gasteiger charge is 2.20. The number of carbonyl (C=O) groups excluding carboxylic acids is 1. The van der Waals surface area contributed by atoms with Crippen LogP contribution in [0, 0.1) is 0 Å². The van der Waals surface area contributed by atoms with E-state index in [0.717, 1.165) is 5.56 Å². The van der Waals surface area contributed by atoms with Crippen molar-refractivity contribution >= 4 is 50.5 Å². The fraction of sp³-hybridized carbons (Fsp3) is 0.130. The third-order valence-corrected chi connectivity index (χ3v) is 6.85. The highest BCUT2D eigenvalue weighted by Crippen LogP contribution is 2.23. The average molecular weight is 504 g/mol. The number of anilines is 1. The van der Waals surface area contributed by atoms with Crippen molar-refractivity contribution in [1.29, 1.82) is 0 Å². The number of carbonyl (C=O) groups is 1. The summed E-state index contributed by atoms with van der Waals surface area (Å²) >= 11 is 11.1. The molecule has 7 nitrogen and oxygen atoms in total. The Bertz CT molecular complexity index is 1220. The number of para-hydroxylation sites is 1. The molecule has 0 radical (unpaired) electrons. The van der Waals surface area contributed by atoms with Gasteiger partial charge < -0.3 is 10.1 Å². The summed E-state index contributed by atoms with van der Waals surface area (Å²) in [4.78, 5) is 12.2. The van der Waals surface area contributed by atoms with Gasteiger partial charge in [-0.2, -0.15) is 4.31 Å². The van der Waals surface area contributed by atoms with Crippen LogP contribution in [0.4, 0.5) is 5.69 Å². The second kappa shape index (κ2) is 11.2. The van der Waals surface area contributed by atoms with Gasteiger partial charge in [-0.1, -0.05) is 54.1 Å². The lowest BCUT2D eigenvalue weighted by Crippen LogP contribution is -2.37. The van der Waals surface area contributed by atoms with Crippen LogP contribution in [0.2, 0.25) is 5.02 Å². The highest BCUT2D eigenvalue weighted by molar-refractivity contribution is 7.89. The molecule has 3 aromatic rings. The normalized spacial score (nSPS) is 11.1. The van der Waals surface area contributed by atoms with E-state index in [2.05, 4.69) is 10.6 Å². The lowest BCUT2D eigenvalue weighted by molar-refractivity contribution is -0.121. The van der Waals surface area contributed by atoms with Crippen molar-refractivity contribution in [1.82, 2.24) is 9.62 Å². The van der Waals surface area contributed by atoms with Crippen LogP contribution in [0.15, 0.2) is 83.8 Å². The van der Waals surface area contributed by atoms with Crippen LogP contribution in [-0.2, 0) is 21.4 Å². The predicted octanol–water partition coefficient (Wildman–Crippen LogP) is 4.05. The van der Waals surface area contributed by atoms with E-state index in [1.807, 2.05) is 30.3 Å². The molecule has 1 amide bonds. The summed E-state index contributed by atoms with van der Waals surface area (Å²) in [5.74, 6) is -0.0728. The van der Waals surface area contributed by atoms with Crippen LogP contribution in [0.25, 0.3) is 0 Å². The van der Waals surface area contributed by atoms with Gasteiger partial charge in [0, 0.05) is 19.3 Å². The van der Waals surface area contributed by atoms with E-state index in [4.69, 9.17) is 28.6 Å². The number of ether oxygens (including phenoxy) is 1. The Balaban J connectivity index is 1.53. The van der Waals surface area contributed by atoms with E-state index in [-0.39, 0.29) is 23.2 Å². The number of rotatable bonds is 8. The Morgan fingerprint density at radius 1 is 1.00 bits per heavy atom. The molecule has 2 N–H and O–H groups in total. The van der Waals surface area contributed by atoms with Gasteiger partial charge in [-0.3, -0.25) is 10.1 Å². The van der Waals surface area contributed by atoms with Crippen LogP contribution in [0.3, 0.4) is 0 Å². The number of nitrogens with one attached hydrogen (secondary N) is 2. The second-order valence-electron chi connectivity index (χ2n) is 6.99. The van der Waals surface area contributed by atoms with Crippen LogP contribution in [0.1, 0.15) is 5.56 Å². The Kier molecular flexibility index (Phi) is 8.40. The van der Waals surface area contributed by atoms with Crippen molar-refractivity contribution in [2.45, 2.75) is 11.4 Å². The zero-order chi connectivity index (χ0) is 23.8. The van der Waals surface area contributed by atoms with Crippen LogP contribution in [-0.4, -0.2) is 37.4 Å². The Morgan fingerprint density at radius 3 is 2.30 bits per heavy atom. The first-order valence-electron chi connectivity index (χ1n) is 9.84. The van der Waals surface area contributed by atoms with E-state index in [0.29, 0.717) is 16.5 Å². The van der Waals surface area contributed by atoms with Crippen molar-refractivity contribution in [2.24, 2.45) is 0 Å². The first kappa shape index (κ1) is 24.7. The molecule has 3 rings (SSSR count). The zero-order valence-corrected chi connectivity index (χ0v) is 20.1. The lowest BCUT2D eigenvalue weighted by Gasteiger charge is -2.18. The van der Waals surface area contributed by atoms with Crippen LogP contribution >= 0.6 is 23.8 Å². The highest BCUT2D eigenvalue weighted by atomic mass is 35.5. The second-order valence-corrected chi connectivity index (χ2v) is 9.85. The molecule has 0 saturated heterocycles. The van der Waals surface area contributed by atoms with E-state index < -0.39 is 15.9 Å². The molecule has 10 heteroatoms. The van der Waals surface area contributed by atoms with Crippen molar-refractivity contribution in [3.8, 4) is 5.75 Å². The molecule has 3 aromatic carbocycles. The van der Waals surface area contributed by atoms with Gasteiger partial charge in [0.1, 0.15) is 5.75 Å². The number of sulfonamides is 1. The van der Waals surface area contributed by atoms with Gasteiger partial charge in [0.25, 0.3) is 5.91 Å². The summed E-state index contributed by atoms with van der Waals surface area (Å²) in [7, 11) is -2.13. The maximum atomic E-state index is 12.8. The summed E-state index contributed by atoms with van der Waals surface area (Å²) in [6.07, 6.45) is 0. The summed E-state index contributed by atoms with van der Waals surface area (Å²) in [5, 5.41) is 5.79. The van der Waals surface area contributed by atoms with E-state index in [1.54, 1.807) is 36.4 Å². The van der Waals surface area contributed by atoms with Gasteiger partial charge in [-0.05, 0) is 54.2 Å². The Labute approximate surface area is 203 Å². The minimum atomic E-state index is -3.66. The molecule has 0 bridgehead atoms. The van der Waals surface area contributed by atoms with Gasteiger partial charge in [0.2, 0.25) is 10.0 Å². The topological polar surface area (TPSA) is 87.7 Å². The van der Waals surface area contributed by atoms with Gasteiger partial charge in [-0.25, -0.2) is 8.42 Å². The molecule has 172 valence electrons. The Morgan fingerprint density at radius 2 is 1.64 bits per heavy atom. The van der Waals surface area contributed by atoms with Crippen molar-refractivity contribution in [3.05, 3.63) is 89.4 Å². The number of nitrogens with zero attached hydrogens (tertiary/aromatic N) is 1. The number of hydrogen-bond acceptors (Lipinski definition) is 5. The minimum Gasteiger partial charge on any atom is -0.482 e. The van der Waals surface area contributed by atoms with Crippen molar-refractivity contribution < 1.29 is 17.9 Å². The molecule has 0 heterocycles. The molecule has 0 spiro atoms. The predicted molar refractivity (Wildman–Crippen MR) is 133 cm³/mol. The number of hydrogen-bond donors (Lipinski definition) is 2. The zero-order valence-electron chi connectivity index (χ0n) is 17.7. The van der Waals surface area contributed by atoms with Crippen molar-refractivity contribution in [2.75, 3.05) is 19.0 Å². The monoisotopic (exact) mass is 503 g/mol. The van der Waals surface area contributed by atoms with Crippen LogP contribution < -0.4 is 15.4 Å². The smallest absolute Gasteiger partial charge is 0.264 e. The molecule has 0 aromatic heterocycles. The lowest BCUT2D eigenvalue weighted by atomic mass is 10.2. The quantitative estimate of drug-likeness (QED) is 0.451. The first-order valence-corrected chi connectivity index (χ1v) is 12.1. The van der Waals surface area contributed by atoms with E-state index >= 15 is 0 Å². The molecular formula is C23H22ClN3O4S2. The fourth-order valence-electron chi connectivity index (χ4n) is 2.85. The number of thiocarbonyl (C=S) groups is 1. The molecule has 0 saturated carbocycles. The number of benzene rings is 3. The maximum Gasteiger partial charge on any atom is 0.264 e. The summed E-state index contributed by atoms with van der Waals surface area (Å²) in [5.41, 5.74) is 1.42. The van der Waals surface area contributed by atoms with Crippen molar-refractivity contribution in [3.63, 3.8) is 0 Å². The number of halogens is 1. The van der Waals surface area contributed by atoms with Gasteiger partial charge >= 0.3 is 0 Å². The number of amides is 1. The molecular weight excluding hydrogens is 482 g/mol. The molecule has 0 fully saturated rings. The first-order chi connectivity index (χ1) is 15.8. The van der Waals surface area contributed by atoms with Gasteiger partial charge in [0.05, 0.1) is 9.92 Å². The molecule has 33 heavy (non-hydrogen) atoms. The molecule has 0 aliphatic rings. The third-order valence-electron chi connectivity index (χ3n) is 4.52. The minimum absolute atomic E-state index is 0.0551. The van der Waals surface area contributed by atoms with Gasteiger partial charge in [0.15, 0.2) is 11.7 Å². The van der Waals surface area contributed by atoms with E-state index in [9.17, 15) is 13.2 Å². The molecule has 0 atom stereocenters. The van der Waals surface area contributed by atoms with Gasteiger partial charge in [-0.15, -0.1) is 0 Å². The summed E-state index contributed by atoms with van der Waals surface area (Å²) in [6.45, 7) is -0.00790. The molecule has 0 unspecified atom stereocenters. The molecule has 0 aliphatic heterocycles. The summed E-state index contributed by atoms with van der Waals surface area (Å²) in [6, 6.07) is 22.2. The summed E-state index contributed by atoms with van der Waals surface area (Å²) < 4.78 is 32.3. The maximum absolute atomic E-state index is 12.8. The average Bonchev–Trinajstić information content (AvgIpc) is 2.79. The van der Waals surface area contributed by atoms with Crippen LogP contribution in [0.5, 0.6) is 5.75 Å². The molecule has 0 aliphatic carbocycles. The standard InChI is InChI=1S/C23H22ClN3O4S2/c1-27(15-17-7-3-2-4-8-17)33(29,30)19-13-11-18(12-14-19)25-23(32)26-22(28)16-31-21-10-6-5-9-20(21)24/h2-14H,15-16H2,1H3,(H2,25,26,28,32). The third kappa shape index (κ3) is 7.00. The largest absolute Gasteiger partial charge is 0.482 e. The Hall–Kier alpha value is -2.98.